The number of aromatic nitrogens is 2. The summed E-state index contributed by atoms with van der Waals surface area (Å²) < 4.78 is 5.73. The first-order chi connectivity index (χ1) is 12.3. The Hall–Kier alpha value is -2.18. The van der Waals surface area contributed by atoms with Crippen molar-refractivity contribution in [2.24, 2.45) is 0 Å². The van der Waals surface area contributed by atoms with E-state index in [1.807, 2.05) is 35.7 Å². The number of fused-ring (bicyclic) bond motifs is 1. The number of amides is 1. The Morgan fingerprint density at radius 2 is 2.16 bits per heavy atom. The topological polar surface area (TPSA) is 67.0 Å². The van der Waals surface area contributed by atoms with Gasteiger partial charge < -0.3 is 15.0 Å². The number of thiophene rings is 1. The summed E-state index contributed by atoms with van der Waals surface area (Å²) in [5.74, 6) is 0.747. The molecule has 1 amide bonds. The van der Waals surface area contributed by atoms with Crippen LogP contribution in [0.3, 0.4) is 0 Å². The standard InChI is InChI=1S/C19H21N3O2S/c23-18(12-24-14-5-2-1-3-6-14)20-13-8-9-15-16(11-13)22-19(21-15)17-7-4-10-25-17/h4,7-11,14H,1-3,5-6,12H2,(H,20,23)(H,21,22). The highest BCUT2D eigenvalue weighted by molar-refractivity contribution is 7.13. The third kappa shape index (κ3) is 3.91. The molecule has 1 saturated carbocycles. The average molecular weight is 355 g/mol. The van der Waals surface area contributed by atoms with Gasteiger partial charge in [-0.05, 0) is 42.5 Å². The largest absolute Gasteiger partial charge is 0.368 e. The molecule has 5 nitrogen and oxygen atoms in total. The predicted molar refractivity (Wildman–Crippen MR) is 101 cm³/mol. The molecule has 1 aliphatic carbocycles. The maximum Gasteiger partial charge on any atom is 0.250 e. The molecule has 3 aromatic rings. The molecule has 0 saturated heterocycles. The van der Waals surface area contributed by atoms with Crippen molar-refractivity contribution in [2.75, 3.05) is 11.9 Å². The summed E-state index contributed by atoms with van der Waals surface area (Å²) >= 11 is 1.65. The van der Waals surface area contributed by atoms with Gasteiger partial charge in [0, 0.05) is 5.69 Å². The minimum Gasteiger partial charge on any atom is -0.368 e. The Balaban J connectivity index is 1.40. The molecule has 2 heterocycles. The summed E-state index contributed by atoms with van der Waals surface area (Å²) in [5, 5.41) is 4.94. The minimum absolute atomic E-state index is 0.108. The highest BCUT2D eigenvalue weighted by atomic mass is 32.1. The van der Waals surface area contributed by atoms with Crippen molar-refractivity contribution in [3.63, 3.8) is 0 Å². The number of nitrogens with one attached hydrogen (secondary N) is 2. The third-order valence-electron chi connectivity index (χ3n) is 4.52. The monoisotopic (exact) mass is 355 g/mol. The number of carbonyl (C=O) groups excluding carboxylic acids is 1. The van der Waals surface area contributed by atoms with Crippen molar-refractivity contribution in [1.82, 2.24) is 9.97 Å². The zero-order valence-electron chi connectivity index (χ0n) is 14.0. The SMILES string of the molecule is O=C(COC1CCCCC1)Nc1ccc2nc(-c3cccs3)[nH]c2c1. The molecule has 0 radical (unpaired) electrons. The molecule has 0 atom stereocenters. The number of aromatic amines is 1. The van der Waals surface area contributed by atoms with Crippen LogP contribution < -0.4 is 5.32 Å². The molecule has 25 heavy (non-hydrogen) atoms. The van der Waals surface area contributed by atoms with Crippen molar-refractivity contribution in [2.45, 2.75) is 38.2 Å². The van der Waals surface area contributed by atoms with E-state index in [-0.39, 0.29) is 18.6 Å². The number of nitrogens with zero attached hydrogens (tertiary/aromatic N) is 1. The van der Waals surface area contributed by atoms with E-state index in [0.29, 0.717) is 0 Å². The number of ether oxygens (including phenoxy) is 1. The normalized spacial score (nSPS) is 15.5. The van der Waals surface area contributed by atoms with Gasteiger partial charge in [0.1, 0.15) is 12.4 Å². The van der Waals surface area contributed by atoms with Crippen molar-refractivity contribution in [3.8, 4) is 10.7 Å². The van der Waals surface area contributed by atoms with Crippen molar-refractivity contribution in [3.05, 3.63) is 35.7 Å². The van der Waals surface area contributed by atoms with E-state index in [1.54, 1.807) is 11.3 Å². The van der Waals surface area contributed by atoms with Crippen molar-refractivity contribution in [1.29, 1.82) is 0 Å². The highest BCUT2D eigenvalue weighted by Gasteiger charge is 2.15. The fourth-order valence-corrected chi connectivity index (χ4v) is 3.91. The van der Waals surface area contributed by atoms with Gasteiger partial charge in [0.05, 0.1) is 22.0 Å². The van der Waals surface area contributed by atoms with Crippen LogP contribution in [0.15, 0.2) is 35.7 Å². The van der Waals surface area contributed by atoms with Crippen LogP contribution in [0.5, 0.6) is 0 Å². The summed E-state index contributed by atoms with van der Waals surface area (Å²) in [6, 6.07) is 9.75. The number of hydrogen-bond donors (Lipinski definition) is 2. The Labute approximate surface area is 150 Å². The van der Waals surface area contributed by atoms with E-state index < -0.39 is 0 Å². The van der Waals surface area contributed by atoms with Gasteiger partial charge in [-0.1, -0.05) is 25.3 Å². The summed E-state index contributed by atoms with van der Waals surface area (Å²) in [6.07, 6.45) is 6.06. The number of hydrogen-bond acceptors (Lipinski definition) is 4. The van der Waals surface area contributed by atoms with E-state index >= 15 is 0 Å². The van der Waals surface area contributed by atoms with Gasteiger partial charge in [-0.25, -0.2) is 4.98 Å². The van der Waals surface area contributed by atoms with Crippen molar-refractivity contribution >= 4 is 34.0 Å². The fraction of sp³-hybridized carbons (Fsp3) is 0.368. The van der Waals surface area contributed by atoms with Crippen LogP contribution in [0.2, 0.25) is 0 Å². The quantitative estimate of drug-likeness (QED) is 0.704. The Kier molecular flexibility index (Phi) is 4.81. The molecule has 1 aliphatic rings. The van der Waals surface area contributed by atoms with E-state index in [0.717, 1.165) is 40.3 Å². The lowest BCUT2D eigenvalue weighted by Crippen LogP contribution is -2.24. The molecule has 0 aliphatic heterocycles. The number of imidazole rings is 1. The Morgan fingerprint density at radius 1 is 1.28 bits per heavy atom. The third-order valence-corrected chi connectivity index (χ3v) is 5.40. The zero-order valence-corrected chi connectivity index (χ0v) is 14.8. The zero-order chi connectivity index (χ0) is 17.1. The number of rotatable bonds is 5. The summed E-state index contributed by atoms with van der Waals surface area (Å²) in [6.45, 7) is 0.117. The summed E-state index contributed by atoms with van der Waals surface area (Å²) in [5.41, 5.74) is 2.56. The molecule has 2 aromatic heterocycles. The molecule has 130 valence electrons. The lowest BCUT2D eigenvalue weighted by molar-refractivity contribution is -0.123. The van der Waals surface area contributed by atoms with Crippen LogP contribution in [0.4, 0.5) is 5.69 Å². The molecular weight excluding hydrogens is 334 g/mol. The Morgan fingerprint density at radius 3 is 2.96 bits per heavy atom. The molecule has 4 rings (SSSR count). The van der Waals surface area contributed by atoms with Gasteiger partial charge in [0.2, 0.25) is 5.91 Å². The second kappa shape index (κ2) is 7.37. The fourth-order valence-electron chi connectivity index (χ4n) is 3.24. The van der Waals surface area contributed by atoms with Gasteiger partial charge in [-0.3, -0.25) is 4.79 Å². The number of anilines is 1. The first kappa shape index (κ1) is 16.3. The number of H-pyrrole nitrogens is 1. The maximum absolute atomic E-state index is 12.1. The van der Waals surface area contributed by atoms with E-state index in [2.05, 4.69) is 15.3 Å². The molecular formula is C19H21N3O2S. The van der Waals surface area contributed by atoms with Crippen LogP contribution >= 0.6 is 11.3 Å². The van der Waals surface area contributed by atoms with Gasteiger partial charge >= 0.3 is 0 Å². The predicted octanol–water partition coefficient (Wildman–Crippen LogP) is 4.58. The smallest absolute Gasteiger partial charge is 0.250 e. The molecule has 2 N–H and O–H groups in total. The summed E-state index contributed by atoms with van der Waals surface area (Å²) in [4.78, 5) is 21.1. The van der Waals surface area contributed by atoms with Crippen LogP contribution in [-0.2, 0) is 9.53 Å². The second-order valence-electron chi connectivity index (χ2n) is 6.41. The highest BCUT2D eigenvalue weighted by Crippen LogP contribution is 2.26. The second-order valence-corrected chi connectivity index (χ2v) is 7.36. The van der Waals surface area contributed by atoms with Crippen LogP contribution in [0, 0.1) is 0 Å². The van der Waals surface area contributed by atoms with Gasteiger partial charge in [-0.15, -0.1) is 11.3 Å². The van der Waals surface area contributed by atoms with Crippen LogP contribution in [0.1, 0.15) is 32.1 Å². The first-order valence-electron chi connectivity index (χ1n) is 8.73. The van der Waals surface area contributed by atoms with Crippen molar-refractivity contribution < 1.29 is 9.53 Å². The summed E-state index contributed by atoms with van der Waals surface area (Å²) in [7, 11) is 0. The average Bonchev–Trinajstić information content (AvgIpc) is 3.30. The van der Waals surface area contributed by atoms with Crippen LogP contribution in [0.25, 0.3) is 21.7 Å². The molecule has 0 bridgehead atoms. The molecule has 1 aromatic carbocycles. The minimum atomic E-state index is -0.108. The van der Waals surface area contributed by atoms with Gasteiger partial charge in [0.25, 0.3) is 0 Å². The van der Waals surface area contributed by atoms with Gasteiger partial charge in [-0.2, -0.15) is 0 Å². The molecule has 6 heteroatoms. The lowest BCUT2D eigenvalue weighted by atomic mass is 9.98. The van der Waals surface area contributed by atoms with E-state index in [4.69, 9.17) is 4.74 Å². The lowest BCUT2D eigenvalue weighted by Gasteiger charge is -2.21. The first-order valence-corrected chi connectivity index (χ1v) is 9.61. The van der Waals surface area contributed by atoms with E-state index in [9.17, 15) is 4.79 Å². The van der Waals surface area contributed by atoms with E-state index in [1.165, 1.54) is 19.3 Å². The Bertz CT molecular complexity index is 851. The van der Waals surface area contributed by atoms with Crippen LogP contribution in [-0.4, -0.2) is 28.6 Å². The molecule has 0 unspecified atom stereocenters. The molecule has 1 fully saturated rings. The maximum atomic E-state index is 12.1. The number of carbonyl (C=O) groups is 1. The number of benzene rings is 1. The molecule has 0 spiro atoms. The van der Waals surface area contributed by atoms with Gasteiger partial charge in [0.15, 0.2) is 0 Å².